The minimum Gasteiger partial charge on any atom is -0.497 e. The molecule has 0 aliphatic rings. The number of hydrogen-bond donors (Lipinski definition) is 2. The van der Waals surface area contributed by atoms with Crippen molar-refractivity contribution in [2.24, 2.45) is 4.99 Å². The number of rotatable bonds is 8. The molecule has 6 heteroatoms. The van der Waals surface area contributed by atoms with Gasteiger partial charge in [0.1, 0.15) is 5.75 Å². The lowest BCUT2D eigenvalue weighted by atomic mass is 10.1. The van der Waals surface area contributed by atoms with Crippen molar-refractivity contribution in [3.63, 3.8) is 0 Å². The van der Waals surface area contributed by atoms with Crippen LogP contribution in [0.5, 0.6) is 5.75 Å². The zero-order valence-electron chi connectivity index (χ0n) is 17.2. The number of benzene rings is 2. The quantitative estimate of drug-likeness (QED) is 0.544. The molecule has 0 aliphatic heterocycles. The summed E-state index contributed by atoms with van der Waals surface area (Å²) in [6, 6.07) is 15.6. The van der Waals surface area contributed by atoms with Gasteiger partial charge < -0.3 is 20.3 Å². The van der Waals surface area contributed by atoms with Crippen LogP contribution in [0, 0.1) is 0 Å². The lowest BCUT2D eigenvalue weighted by Crippen LogP contribution is -2.36. The Hall–Kier alpha value is -3.02. The van der Waals surface area contributed by atoms with Crippen LogP contribution in [0.3, 0.4) is 0 Å². The van der Waals surface area contributed by atoms with Gasteiger partial charge in [-0.1, -0.05) is 24.3 Å². The number of carbonyl (C=O) groups excluding carboxylic acids is 1. The maximum absolute atomic E-state index is 12.4. The first kappa shape index (κ1) is 21.3. The second kappa shape index (κ2) is 11.0. The van der Waals surface area contributed by atoms with E-state index < -0.39 is 0 Å². The van der Waals surface area contributed by atoms with Gasteiger partial charge in [0, 0.05) is 38.8 Å². The summed E-state index contributed by atoms with van der Waals surface area (Å²) < 4.78 is 5.25. The number of nitrogens with zero attached hydrogens (tertiary/aromatic N) is 2. The molecule has 2 aromatic rings. The van der Waals surface area contributed by atoms with Gasteiger partial charge >= 0.3 is 0 Å². The van der Waals surface area contributed by atoms with E-state index in [1.807, 2.05) is 67.3 Å². The summed E-state index contributed by atoms with van der Waals surface area (Å²) in [7, 11) is 3.40. The predicted octanol–water partition coefficient (Wildman–Crippen LogP) is 3.04. The predicted molar refractivity (Wildman–Crippen MR) is 114 cm³/mol. The summed E-state index contributed by atoms with van der Waals surface area (Å²) in [5, 5.41) is 6.58. The molecule has 150 valence electrons. The summed E-state index contributed by atoms with van der Waals surface area (Å²) in [6.07, 6.45) is 0. The highest BCUT2D eigenvalue weighted by molar-refractivity contribution is 5.94. The molecular weight excluding hydrogens is 352 g/mol. The molecule has 28 heavy (non-hydrogen) atoms. The molecule has 0 bridgehead atoms. The fraction of sp³-hybridized carbons (Fsp3) is 0.364. The molecule has 2 aromatic carbocycles. The van der Waals surface area contributed by atoms with E-state index in [0.29, 0.717) is 37.7 Å². The van der Waals surface area contributed by atoms with Crippen molar-refractivity contribution in [2.75, 3.05) is 27.2 Å². The third-order valence-corrected chi connectivity index (χ3v) is 4.53. The maximum Gasteiger partial charge on any atom is 0.253 e. The minimum atomic E-state index is 0.0697. The minimum absolute atomic E-state index is 0.0697. The third-order valence-electron chi connectivity index (χ3n) is 4.53. The molecule has 0 fully saturated rings. The average molecular weight is 383 g/mol. The molecule has 0 atom stereocenters. The van der Waals surface area contributed by atoms with Gasteiger partial charge in [0.2, 0.25) is 0 Å². The summed E-state index contributed by atoms with van der Waals surface area (Å²) in [6.45, 7) is 6.68. The van der Waals surface area contributed by atoms with Crippen molar-refractivity contribution in [3.05, 3.63) is 65.2 Å². The van der Waals surface area contributed by atoms with Crippen LogP contribution in [0.4, 0.5) is 0 Å². The number of hydrogen-bond acceptors (Lipinski definition) is 3. The first-order valence-corrected chi connectivity index (χ1v) is 9.56. The molecule has 2 N–H and O–H groups in total. The van der Waals surface area contributed by atoms with Gasteiger partial charge in [0.15, 0.2) is 5.96 Å². The van der Waals surface area contributed by atoms with Crippen molar-refractivity contribution >= 4 is 11.9 Å². The first-order chi connectivity index (χ1) is 13.6. The van der Waals surface area contributed by atoms with Crippen molar-refractivity contribution in [1.82, 2.24) is 15.5 Å². The lowest BCUT2D eigenvalue weighted by molar-refractivity contribution is 0.0773. The summed E-state index contributed by atoms with van der Waals surface area (Å²) >= 11 is 0. The van der Waals surface area contributed by atoms with Gasteiger partial charge in [-0.15, -0.1) is 0 Å². The Morgan fingerprint density at radius 2 is 1.64 bits per heavy atom. The molecule has 1 amide bonds. The Bertz CT molecular complexity index is 783. The highest BCUT2D eigenvalue weighted by atomic mass is 16.5. The Morgan fingerprint density at radius 1 is 1.00 bits per heavy atom. The molecule has 0 heterocycles. The van der Waals surface area contributed by atoms with Crippen LogP contribution < -0.4 is 15.4 Å². The van der Waals surface area contributed by atoms with Crippen molar-refractivity contribution in [2.45, 2.75) is 26.9 Å². The van der Waals surface area contributed by atoms with Crippen molar-refractivity contribution < 1.29 is 9.53 Å². The number of guanidine groups is 1. The van der Waals surface area contributed by atoms with Gasteiger partial charge in [0.25, 0.3) is 5.91 Å². The molecule has 0 unspecified atom stereocenters. The van der Waals surface area contributed by atoms with Crippen LogP contribution >= 0.6 is 0 Å². The lowest BCUT2D eigenvalue weighted by Gasteiger charge is -2.18. The maximum atomic E-state index is 12.4. The first-order valence-electron chi connectivity index (χ1n) is 9.56. The fourth-order valence-corrected chi connectivity index (χ4v) is 2.83. The SMILES string of the molecule is CCN(CC)C(=O)c1ccc(CNC(=NC)NCc2cccc(OC)c2)cc1. The van der Waals surface area contributed by atoms with Crippen LogP contribution in [0.15, 0.2) is 53.5 Å². The number of carbonyl (C=O) groups is 1. The molecule has 2 rings (SSSR count). The molecule has 0 saturated carbocycles. The van der Waals surface area contributed by atoms with E-state index in [4.69, 9.17) is 4.74 Å². The van der Waals surface area contributed by atoms with E-state index in [2.05, 4.69) is 15.6 Å². The van der Waals surface area contributed by atoms with E-state index in [1.54, 1.807) is 14.2 Å². The van der Waals surface area contributed by atoms with Crippen molar-refractivity contribution in [1.29, 1.82) is 0 Å². The van der Waals surface area contributed by atoms with E-state index in [1.165, 1.54) is 0 Å². The number of amides is 1. The van der Waals surface area contributed by atoms with Crippen molar-refractivity contribution in [3.8, 4) is 5.75 Å². The van der Waals surface area contributed by atoms with Gasteiger partial charge in [-0.2, -0.15) is 0 Å². The molecular formula is C22H30N4O2. The Balaban J connectivity index is 1.88. The second-order valence-electron chi connectivity index (χ2n) is 6.31. The zero-order valence-corrected chi connectivity index (χ0v) is 17.2. The highest BCUT2D eigenvalue weighted by Crippen LogP contribution is 2.12. The normalized spacial score (nSPS) is 11.1. The average Bonchev–Trinajstić information content (AvgIpc) is 2.75. The number of ether oxygens (including phenoxy) is 1. The van der Waals surface area contributed by atoms with E-state index in [0.717, 1.165) is 16.9 Å². The zero-order chi connectivity index (χ0) is 20.4. The molecule has 0 aliphatic carbocycles. The smallest absolute Gasteiger partial charge is 0.253 e. The standard InChI is InChI=1S/C22H30N4O2/c1-5-26(6-2)21(27)19-12-10-17(11-13-19)15-24-22(23-3)25-16-18-8-7-9-20(14-18)28-4/h7-14H,5-6,15-16H2,1-4H3,(H2,23,24,25). The van der Waals surface area contributed by atoms with Crippen LogP contribution in [-0.2, 0) is 13.1 Å². The molecule has 0 radical (unpaired) electrons. The van der Waals surface area contributed by atoms with E-state index >= 15 is 0 Å². The van der Waals surface area contributed by atoms with E-state index in [-0.39, 0.29) is 5.91 Å². The molecule has 0 spiro atoms. The Labute approximate surface area is 167 Å². The number of nitrogens with one attached hydrogen (secondary N) is 2. The number of methoxy groups -OCH3 is 1. The summed E-state index contributed by atoms with van der Waals surface area (Å²) in [5.74, 6) is 1.62. The van der Waals surface area contributed by atoms with Crippen LogP contribution in [-0.4, -0.2) is 44.0 Å². The highest BCUT2D eigenvalue weighted by Gasteiger charge is 2.11. The topological polar surface area (TPSA) is 66.0 Å². The third kappa shape index (κ3) is 6.01. The Morgan fingerprint density at radius 3 is 2.21 bits per heavy atom. The summed E-state index contributed by atoms with van der Waals surface area (Å²) in [5.41, 5.74) is 2.91. The Kier molecular flexibility index (Phi) is 8.34. The van der Waals surface area contributed by atoms with Gasteiger partial charge in [0.05, 0.1) is 7.11 Å². The van der Waals surface area contributed by atoms with E-state index in [9.17, 15) is 4.79 Å². The van der Waals surface area contributed by atoms with Gasteiger partial charge in [-0.3, -0.25) is 9.79 Å². The molecule has 6 nitrogen and oxygen atoms in total. The number of aliphatic imine (C=N–C) groups is 1. The molecule has 0 saturated heterocycles. The molecule has 0 aromatic heterocycles. The fourth-order valence-electron chi connectivity index (χ4n) is 2.83. The second-order valence-corrected chi connectivity index (χ2v) is 6.31. The largest absolute Gasteiger partial charge is 0.497 e. The van der Waals surface area contributed by atoms with Gasteiger partial charge in [-0.25, -0.2) is 0 Å². The van der Waals surface area contributed by atoms with Crippen LogP contribution in [0.2, 0.25) is 0 Å². The van der Waals surface area contributed by atoms with Gasteiger partial charge in [-0.05, 0) is 49.2 Å². The summed E-state index contributed by atoms with van der Waals surface area (Å²) in [4.78, 5) is 18.4. The van der Waals surface area contributed by atoms with Crippen LogP contribution in [0.25, 0.3) is 0 Å². The monoisotopic (exact) mass is 382 g/mol. The van der Waals surface area contributed by atoms with Crippen LogP contribution in [0.1, 0.15) is 35.3 Å².